The molecule has 0 bridgehead atoms. The molecule has 1 aliphatic heterocycles. The van der Waals surface area contributed by atoms with E-state index in [9.17, 15) is 18.0 Å². The van der Waals surface area contributed by atoms with Gasteiger partial charge in [-0.25, -0.2) is 0 Å². The Balaban J connectivity index is 1.94. The molecule has 1 aliphatic rings. The third-order valence-electron chi connectivity index (χ3n) is 5.94. The second-order valence-electron chi connectivity index (χ2n) is 8.24. The molecule has 1 amide bonds. The van der Waals surface area contributed by atoms with E-state index in [1.165, 1.54) is 19.1 Å². The van der Waals surface area contributed by atoms with Crippen LogP contribution in [0.1, 0.15) is 59.8 Å². The van der Waals surface area contributed by atoms with Crippen molar-refractivity contribution in [3.8, 4) is 0 Å². The first-order valence-corrected chi connectivity index (χ1v) is 9.89. The summed E-state index contributed by atoms with van der Waals surface area (Å²) in [4.78, 5) is 13.1. The van der Waals surface area contributed by atoms with Gasteiger partial charge in [-0.15, -0.1) is 0 Å². The monoisotopic (exact) mass is 404 g/mol. The Bertz CT molecular complexity index is 856. The van der Waals surface area contributed by atoms with Crippen LogP contribution in [0.4, 0.5) is 13.2 Å². The average Bonchev–Trinajstić information content (AvgIpc) is 2.68. The van der Waals surface area contributed by atoms with Crippen molar-refractivity contribution in [2.75, 3.05) is 6.54 Å². The minimum Gasteiger partial charge on any atom is -0.343 e. The highest BCUT2D eigenvalue weighted by atomic mass is 19.4. The molecule has 6 heteroatoms. The Kier molecular flexibility index (Phi) is 6.03. The number of carbonyl (C=O) groups excluding carboxylic acids is 1. The number of amides is 1. The molecule has 156 valence electrons. The molecule has 3 rings (SSSR count). The maximum Gasteiger partial charge on any atom is 0.416 e. The van der Waals surface area contributed by atoms with Crippen LogP contribution in [0.25, 0.3) is 0 Å². The first kappa shape index (κ1) is 21.4. The topological polar surface area (TPSA) is 41.1 Å². The Morgan fingerprint density at radius 1 is 1.17 bits per heavy atom. The zero-order valence-electron chi connectivity index (χ0n) is 16.9. The van der Waals surface area contributed by atoms with Crippen LogP contribution in [-0.2, 0) is 6.18 Å². The summed E-state index contributed by atoms with van der Waals surface area (Å²) in [5.74, 6) is 0.0463. The van der Waals surface area contributed by atoms with Gasteiger partial charge in [-0.1, -0.05) is 43.3 Å². The van der Waals surface area contributed by atoms with Gasteiger partial charge in [0, 0.05) is 11.1 Å². The summed E-state index contributed by atoms with van der Waals surface area (Å²) in [6.07, 6.45) is -2.62. The molecule has 0 spiro atoms. The van der Waals surface area contributed by atoms with Crippen LogP contribution in [0.5, 0.6) is 0 Å². The molecule has 29 heavy (non-hydrogen) atoms. The molecule has 2 aromatic rings. The van der Waals surface area contributed by atoms with E-state index in [1.807, 2.05) is 30.3 Å². The van der Waals surface area contributed by atoms with E-state index in [0.29, 0.717) is 5.92 Å². The Labute approximate surface area is 169 Å². The van der Waals surface area contributed by atoms with E-state index >= 15 is 0 Å². The molecule has 0 saturated carbocycles. The number of nitrogens with one attached hydrogen (secondary N) is 2. The molecule has 3 nitrogen and oxygen atoms in total. The van der Waals surface area contributed by atoms with Crippen molar-refractivity contribution in [1.82, 2.24) is 10.6 Å². The van der Waals surface area contributed by atoms with Crippen LogP contribution in [0.15, 0.2) is 48.5 Å². The molecular formula is C23H27F3N2O. The standard InChI is InChI=1S/C23H27F3N2O/c1-15-12-13-22(3,27-14-15)20(17-8-5-4-6-9-17)28-21(29)18-10-7-11-19(16(18)2)23(24,25)26/h4-11,15,20,27H,12-14H2,1-3H3,(H,28,29). The predicted molar refractivity (Wildman–Crippen MR) is 108 cm³/mol. The van der Waals surface area contributed by atoms with E-state index in [1.54, 1.807) is 0 Å². The summed E-state index contributed by atoms with van der Waals surface area (Å²) >= 11 is 0. The Hall–Kier alpha value is -2.34. The number of carbonyl (C=O) groups is 1. The van der Waals surface area contributed by atoms with E-state index < -0.39 is 17.6 Å². The molecule has 3 atom stereocenters. The van der Waals surface area contributed by atoms with Crippen LogP contribution < -0.4 is 10.6 Å². The second kappa shape index (κ2) is 8.19. The molecule has 1 heterocycles. The van der Waals surface area contributed by atoms with Crippen LogP contribution in [-0.4, -0.2) is 18.0 Å². The molecular weight excluding hydrogens is 377 g/mol. The van der Waals surface area contributed by atoms with Gasteiger partial charge in [0.1, 0.15) is 0 Å². The Morgan fingerprint density at radius 2 is 1.86 bits per heavy atom. The second-order valence-corrected chi connectivity index (χ2v) is 8.24. The van der Waals surface area contributed by atoms with Crippen molar-refractivity contribution in [2.24, 2.45) is 5.92 Å². The van der Waals surface area contributed by atoms with Crippen LogP contribution >= 0.6 is 0 Å². The number of rotatable bonds is 4. The summed E-state index contributed by atoms with van der Waals surface area (Å²) in [5, 5.41) is 6.58. The minimum absolute atomic E-state index is 0.0496. The maximum absolute atomic E-state index is 13.3. The average molecular weight is 404 g/mol. The number of piperidine rings is 1. The SMILES string of the molecule is Cc1c(C(=O)NC(c2ccccc2)C2(C)CCC(C)CN2)cccc1C(F)(F)F. The van der Waals surface area contributed by atoms with Crippen LogP contribution in [0.3, 0.4) is 0 Å². The first-order chi connectivity index (χ1) is 13.6. The van der Waals surface area contributed by atoms with Gasteiger partial charge >= 0.3 is 6.18 Å². The third kappa shape index (κ3) is 4.64. The van der Waals surface area contributed by atoms with Gasteiger partial charge < -0.3 is 10.6 Å². The maximum atomic E-state index is 13.3. The summed E-state index contributed by atoms with van der Waals surface area (Å²) in [6.45, 7) is 6.42. The molecule has 1 saturated heterocycles. The molecule has 3 unspecified atom stereocenters. The van der Waals surface area contributed by atoms with Crippen molar-refractivity contribution in [3.63, 3.8) is 0 Å². The van der Waals surface area contributed by atoms with Crippen molar-refractivity contribution in [2.45, 2.75) is 51.4 Å². The zero-order chi connectivity index (χ0) is 21.2. The van der Waals surface area contributed by atoms with Crippen molar-refractivity contribution < 1.29 is 18.0 Å². The highest BCUT2D eigenvalue weighted by Gasteiger charge is 2.39. The van der Waals surface area contributed by atoms with Gasteiger partial charge in [0.25, 0.3) is 5.91 Å². The molecule has 2 aromatic carbocycles. The highest BCUT2D eigenvalue weighted by Crippen LogP contribution is 2.36. The number of halogens is 3. The summed E-state index contributed by atoms with van der Waals surface area (Å²) in [6, 6.07) is 13.0. The van der Waals surface area contributed by atoms with Crippen molar-refractivity contribution in [3.05, 3.63) is 70.8 Å². The molecule has 0 aliphatic carbocycles. The van der Waals surface area contributed by atoms with E-state index in [2.05, 4.69) is 24.5 Å². The number of hydrogen-bond acceptors (Lipinski definition) is 2. The fourth-order valence-electron chi connectivity index (χ4n) is 4.04. The largest absolute Gasteiger partial charge is 0.416 e. The predicted octanol–water partition coefficient (Wildman–Crippen LogP) is 5.26. The molecule has 1 fully saturated rings. The van der Waals surface area contributed by atoms with Gasteiger partial charge in [-0.3, -0.25) is 4.79 Å². The lowest BCUT2D eigenvalue weighted by Gasteiger charge is -2.44. The van der Waals surface area contributed by atoms with Crippen molar-refractivity contribution >= 4 is 5.91 Å². The lowest BCUT2D eigenvalue weighted by atomic mass is 9.78. The fourth-order valence-corrected chi connectivity index (χ4v) is 4.04. The highest BCUT2D eigenvalue weighted by molar-refractivity contribution is 5.96. The first-order valence-electron chi connectivity index (χ1n) is 9.89. The van der Waals surface area contributed by atoms with Crippen LogP contribution in [0.2, 0.25) is 0 Å². The van der Waals surface area contributed by atoms with Gasteiger partial charge in [0.05, 0.1) is 11.6 Å². The number of hydrogen-bond donors (Lipinski definition) is 2. The normalized spacial score (nSPS) is 23.4. The molecule has 0 radical (unpaired) electrons. The quantitative estimate of drug-likeness (QED) is 0.730. The smallest absolute Gasteiger partial charge is 0.343 e. The molecule has 2 N–H and O–H groups in total. The number of benzene rings is 2. The van der Waals surface area contributed by atoms with Crippen LogP contribution in [0, 0.1) is 12.8 Å². The van der Waals surface area contributed by atoms with Gasteiger partial charge in [-0.2, -0.15) is 13.2 Å². The van der Waals surface area contributed by atoms with Gasteiger partial charge in [-0.05, 0) is 62.4 Å². The lowest BCUT2D eigenvalue weighted by molar-refractivity contribution is -0.138. The van der Waals surface area contributed by atoms with Crippen molar-refractivity contribution in [1.29, 1.82) is 0 Å². The van der Waals surface area contributed by atoms with E-state index in [4.69, 9.17) is 0 Å². The summed E-state index contributed by atoms with van der Waals surface area (Å²) in [5.41, 5.74) is -0.250. The van der Waals surface area contributed by atoms with Gasteiger partial charge in [0.2, 0.25) is 0 Å². The Morgan fingerprint density at radius 3 is 2.45 bits per heavy atom. The fraction of sp³-hybridized carbons (Fsp3) is 0.435. The third-order valence-corrected chi connectivity index (χ3v) is 5.94. The van der Waals surface area contributed by atoms with Gasteiger partial charge in [0.15, 0.2) is 0 Å². The summed E-state index contributed by atoms with van der Waals surface area (Å²) in [7, 11) is 0. The lowest BCUT2D eigenvalue weighted by Crippen LogP contribution is -2.57. The zero-order valence-corrected chi connectivity index (χ0v) is 16.9. The molecule has 0 aromatic heterocycles. The summed E-state index contributed by atoms with van der Waals surface area (Å²) < 4.78 is 39.8. The van der Waals surface area contributed by atoms with E-state index in [0.717, 1.165) is 31.0 Å². The van der Waals surface area contributed by atoms with E-state index in [-0.39, 0.29) is 22.7 Å². The minimum atomic E-state index is -4.49. The number of alkyl halides is 3.